The fourth-order valence-electron chi connectivity index (χ4n) is 2.83. The Kier molecular flexibility index (Phi) is 5.73. The maximum atomic E-state index is 12.5. The molecule has 1 aromatic carbocycles. The highest BCUT2D eigenvalue weighted by Crippen LogP contribution is 2.18. The number of amides is 2. The van der Waals surface area contributed by atoms with E-state index in [1.807, 2.05) is 13.0 Å². The van der Waals surface area contributed by atoms with Crippen LogP contribution in [0.5, 0.6) is 0 Å². The molecule has 1 heterocycles. The highest BCUT2D eigenvalue weighted by molar-refractivity contribution is 5.97. The van der Waals surface area contributed by atoms with Gasteiger partial charge in [-0.15, -0.1) is 0 Å². The third-order valence-corrected chi connectivity index (χ3v) is 4.00. The predicted molar refractivity (Wildman–Crippen MR) is 86.1 cm³/mol. The Hall–Kier alpha value is -2.37. The number of carboxylic acid groups (broad SMARTS) is 1. The van der Waals surface area contributed by atoms with Crippen molar-refractivity contribution < 1.29 is 19.5 Å². The van der Waals surface area contributed by atoms with E-state index in [1.54, 1.807) is 23.1 Å². The second kappa shape index (κ2) is 7.76. The molecule has 1 fully saturated rings. The fourth-order valence-corrected chi connectivity index (χ4v) is 2.83. The molecule has 124 valence electrons. The minimum atomic E-state index is -0.849. The lowest BCUT2D eigenvalue weighted by Gasteiger charge is -2.25. The van der Waals surface area contributed by atoms with Gasteiger partial charge in [0.15, 0.2) is 0 Å². The molecule has 1 unspecified atom stereocenters. The molecule has 2 N–H and O–H groups in total. The van der Waals surface area contributed by atoms with Crippen LogP contribution in [0.15, 0.2) is 24.3 Å². The minimum absolute atomic E-state index is 0.0298. The van der Waals surface area contributed by atoms with Crippen molar-refractivity contribution in [3.05, 3.63) is 29.8 Å². The van der Waals surface area contributed by atoms with Crippen LogP contribution in [0.4, 0.5) is 5.69 Å². The number of hydrogen-bond acceptors (Lipinski definition) is 3. The molecule has 0 saturated carbocycles. The summed E-state index contributed by atoms with van der Waals surface area (Å²) in [5.41, 5.74) is 1.48. The summed E-state index contributed by atoms with van der Waals surface area (Å²) in [5, 5.41) is 11.6. The molecule has 2 rings (SSSR count). The lowest BCUT2D eigenvalue weighted by atomic mass is 10.1. The summed E-state index contributed by atoms with van der Waals surface area (Å²) in [5.74, 6) is -1.02. The van der Waals surface area contributed by atoms with Gasteiger partial charge in [-0.3, -0.25) is 14.4 Å². The van der Waals surface area contributed by atoms with Crippen LogP contribution >= 0.6 is 0 Å². The van der Waals surface area contributed by atoms with Crippen LogP contribution in [-0.2, 0) is 20.8 Å². The highest BCUT2D eigenvalue weighted by Gasteiger charge is 2.31. The largest absolute Gasteiger partial charge is 0.481 e. The molecule has 0 radical (unpaired) electrons. The average Bonchev–Trinajstić information content (AvgIpc) is 2.92. The second-order valence-corrected chi connectivity index (χ2v) is 5.70. The summed E-state index contributed by atoms with van der Waals surface area (Å²) in [6.45, 7) is 2.52. The zero-order valence-electron chi connectivity index (χ0n) is 13.2. The molecule has 2 amide bonds. The molecule has 23 heavy (non-hydrogen) atoms. The zero-order chi connectivity index (χ0) is 16.8. The molecule has 0 aliphatic carbocycles. The van der Waals surface area contributed by atoms with Gasteiger partial charge in [-0.05, 0) is 37.0 Å². The molecule has 0 spiro atoms. The standard InChI is InChI=1S/C17H22N2O4/c1-2-14(19-10-4-7-15(19)20)17(23)18-13-6-3-5-12(11-13)8-9-16(21)22/h3,5-6,11,14H,2,4,7-10H2,1H3,(H,18,23)(H,21,22). The van der Waals surface area contributed by atoms with Crippen LogP contribution < -0.4 is 5.32 Å². The number of aliphatic carboxylic acids is 1. The molecule has 1 aliphatic heterocycles. The number of likely N-dealkylation sites (tertiary alicyclic amines) is 1. The Balaban J connectivity index is 2.02. The molecule has 6 heteroatoms. The van der Waals surface area contributed by atoms with Crippen molar-refractivity contribution in [3.8, 4) is 0 Å². The molecule has 6 nitrogen and oxygen atoms in total. The third kappa shape index (κ3) is 4.55. The number of nitrogens with one attached hydrogen (secondary N) is 1. The fraction of sp³-hybridized carbons (Fsp3) is 0.471. The Morgan fingerprint density at radius 2 is 2.17 bits per heavy atom. The van der Waals surface area contributed by atoms with Crippen molar-refractivity contribution in [1.82, 2.24) is 4.90 Å². The second-order valence-electron chi connectivity index (χ2n) is 5.70. The number of aryl methyl sites for hydroxylation is 1. The van der Waals surface area contributed by atoms with Gasteiger partial charge in [-0.25, -0.2) is 0 Å². The topological polar surface area (TPSA) is 86.7 Å². The molecule has 1 aromatic rings. The normalized spacial score (nSPS) is 15.5. The first-order valence-corrected chi connectivity index (χ1v) is 7.92. The van der Waals surface area contributed by atoms with E-state index in [4.69, 9.17) is 5.11 Å². The lowest BCUT2D eigenvalue weighted by Crippen LogP contribution is -2.44. The number of anilines is 1. The van der Waals surface area contributed by atoms with Gasteiger partial charge in [0.05, 0.1) is 0 Å². The maximum absolute atomic E-state index is 12.5. The summed E-state index contributed by atoms with van der Waals surface area (Å²) in [7, 11) is 0. The third-order valence-electron chi connectivity index (χ3n) is 4.00. The zero-order valence-corrected chi connectivity index (χ0v) is 13.2. The van der Waals surface area contributed by atoms with Gasteiger partial charge in [0, 0.05) is 25.1 Å². The van der Waals surface area contributed by atoms with Gasteiger partial charge in [-0.2, -0.15) is 0 Å². The summed E-state index contributed by atoms with van der Waals surface area (Å²) in [6.07, 6.45) is 2.34. The number of benzene rings is 1. The lowest BCUT2D eigenvalue weighted by molar-refractivity contribution is -0.137. The van der Waals surface area contributed by atoms with Gasteiger partial charge in [0.2, 0.25) is 11.8 Å². The number of hydrogen-bond donors (Lipinski definition) is 2. The number of rotatable bonds is 7. The van der Waals surface area contributed by atoms with Crippen molar-refractivity contribution in [3.63, 3.8) is 0 Å². The summed E-state index contributed by atoms with van der Waals surface area (Å²) in [6, 6.07) is 6.71. The number of carbonyl (C=O) groups is 3. The van der Waals surface area contributed by atoms with Gasteiger partial charge in [-0.1, -0.05) is 19.1 Å². The first-order valence-electron chi connectivity index (χ1n) is 7.92. The van der Waals surface area contributed by atoms with Crippen LogP contribution in [0.3, 0.4) is 0 Å². The van der Waals surface area contributed by atoms with E-state index in [-0.39, 0.29) is 18.2 Å². The smallest absolute Gasteiger partial charge is 0.303 e. The molecular formula is C17H22N2O4. The van der Waals surface area contributed by atoms with E-state index in [9.17, 15) is 14.4 Å². The minimum Gasteiger partial charge on any atom is -0.481 e. The molecule has 1 saturated heterocycles. The molecule has 0 bridgehead atoms. The summed E-state index contributed by atoms with van der Waals surface area (Å²) in [4.78, 5) is 36.6. The monoisotopic (exact) mass is 318 g/mol. The van der Waals surface area contributed by atoms with Crippen molar-refractivity contribution in [1.29, 1.82) is 0 Å². The average molecular weight is 318 g/mol. The number of nitrogens with zero attached hydrogens (tertiary/aromatic N) is 1. The number of carboxylic acids is 1. The van der Waals surface area contributed by atoms with E-state index in [2.05, 4.69) is 5.32 Å². The van der Waals surface area contributed by atoms with E-state index >= 15 is 0 Å². The maximum Gasteiger partial charge on any atom is 0.303 e. The van der Waals surface area contributed by atoms with Crippen LogP contribution in [-0.4, -0.2) is 40.4 Å². The van der Waals surface area contributed by atoms with Crippen LogP contribution in [0.1, 0.15) is 38.2 Å². The highest BCUT2D eigenvalue weighted by atomic mass is 16.4. The quantitative estimate of drug-likeness (QED) is 0.805. The Morgan fingerprint density at radius 1 is 1.39 bits per heavy atom. The molecule has 0 aromatic heterocycles. The molecule has 1 aliphatic rings. The van der Waals surface area contributed by atoms with Crippen LogP contribution in [0, 0.1) is 0 Å². The first-order chi connectivity index (χ1) is 11.0. The number of carbonyl (C=O) groups excluding carboxylic acids is 2. The van der Waals surface area contributed by atoms with Crippen molar-refractivity contribution in [2.24, 2.45) is 0 Å². The van der Waals surface area contributed by atoms with E-state index in [0.29, 0.717) is 31.5 Å². The van der Waals surface area contributed by atoms with Crippen LogP contribution in [0.25, 0.3) is 0 Å². The van der Waals surface area contributed by atoms with E-state index < -0.39 is 12.0 Å². The van der Waals surface area contributed by atoms with E-state index in [1.165, 1.54) is 0 Å². The summed E-state index contributed by atoms with van der Waals surface area (Å²) < 4.78 is 0. The molecule has 1 atom stereocenters. The Morgan fingerprint density at radius 3 is 2.78 bits per heavy atom. The predicted octanol–water partition coefficient (Wildman–Crippen LogP) is 2.04. The first kappa shape index (κ1) is 17.0. The van der Waals surface area contributed by atoms with Crippen molar-refractivity contribution >= 4 is 23.5 Å². The van der Waals surface area contributed by atoms with Gasteiger partial charge in [0.25, 0.3) is 0 Å². The van der Waals surface area contributed by atoms with Gasteiger partial charge >= 0.3 is 5.97 Å². The van der Waals surface area contributed by atoms with Gasteiger partial charge in [0.1, 0.15) is 6.04 Å². The van der Waals surface area contributed by atoms with Gasteiger partial charge < -0.3 is 15.3 Å². The SMILES string of the molecule is CCC(C(=O)Nc1cccc(CCC(=O)O)c1)N1CCCC1=O. The van der Waals surface area contributed by atoms with Crippen molar-refractivity contribution in [2.75, 3.05) is 11.9 Å². The Labute approximate surface area is 135 Å². The summed E-state index contributed by atoms with van der Waals surface area (Å²) >= 11 is 0. The molecular weight excluding hydrogens is 296 g/mol. The Bertz CT molecular complexity index is 600. The van der Waals surface area contributed by atoms with E-state index in [0.717, 1.165) is 12.0 Å². The van der Waals surface area contributed by atoms with Crippen molar-refractivity contribution in [2.45, 2.75) is 45.1 Å². The van der Waals surface area contributed by atoms with Crippen LogP contribution in [0.2, 0.25) is 0 Å².